The number of hydrogen-bond acceptors (Lipinski definition) is 3. The fourth-order valence-corrected chi connectivity index (χ4v) is 4.23. The first-order valence-electron chi connectivity index (χ1n) is 9.44. The first-order chi connectivity index (χ1) is 14.4. The lowest BCUT2D eigenvalue weighted by Crippen LogP contribution is -2.34. The molecule has 0 radical (unpaired) electrons. The summed E-state index contributed by atoms with van der Waals surface area (Å²) < 4.78 is 15.4. The van der Waals surface area contributed by atoms with E-state index >= 15 is 4.39 Å². The van der Waals surface area contributed by atoms with Crippen LogP contribution in [-0.2, 0) is 17.8 Å². The van der Waals surface area contributed by atoms with Crippen LogP contribution in [0.3, 0.4) is 0 Å². The first-order valence-corrected chi connectivity index (χ1v) is 9.44. The number of aromatic amines is 1. The third-order valence-electron chi connectivity index (χ3n) is 5.62. The molecular formula is C23H19FN4O2. The van der Waals surface area contributed by atoms with Gasteiger partial charge in [0.05, 0.1) is 16.6 Å². The summed E-state index contributed by atoms with van der Waals surface area (Å²) in [6, 6.07) is 8.74. The van der Waals surface area contributed by atoms with Crippen LogP contribution in [0.2, 0.25) is 0 Å². The highest BCUT2D eigenvalue weighted by Gasteiger charge is 2.27. The van der Waals surface area contributed by atoms with Crippen molar-refractivity contribution < 1.29 is 14.0 Å². The van der Waals surface area contributed by atoms with Gasteiger partial charge < -0.3 is 15.6 Å². The van der Waals surface area contributed by atoms with E-state index in [2.05, 4.69) is 17.6 Å². The van der Waals surface area contributed by atoms with E-state index in [0.717, 1.165) is 17.2 Å². The number of aromatic nitrogens is 1. The maximum atomic E-state index is 15.4. The molecule has 30 heavy (non-hydrogen) atoms. The smallest absolute Gasteiger partial charge is 0.250 e. The van der Waals surface area contributed by atoms with Crippen LogP contribution in [0.4, 0.5) is 4.39 Å². The molecule has 1 aromatic heterocycles. The van der Waals surface area contributed by atoms with Crippen molar-refractivity contribution in [2.45, 2.75) is 19.9 Å². The number of carbonyl (C=O) groups excluding carboxylic acids is 2. The number of carbonyl (C=O) groups is 2. The molecule has 0 bridgehead atoms. The summed E-state index contributed by atoms with van der Waals surface area (Å²) in [6.45, 7) is 6.11. The Morgan fingerprint density at radius 2 is 2.17 bits per heavy atom. The lowest BCUT2D eigenvalue weighted by atomic mass is 9.87. The number of nitriles is 1. The van der Waals surface area contributed by atoms with Crippen LogP contribution < -0.4 is 5.73 Å². The van der Waals surface area contributed by atoms with Gasteiger partial charge >= 0.3 is 0 Å². The predicted molar refractivity (Wildman–Crippen MR) is 111 cm³/mol. The van der Waals surface area contributed by atoms with Gasteiger partial charge in [-0.05, 0) is 42.2 Å². The highest BCUT2D eigenvalue weighted by molar-refractivity contribution is 6.11. The molecule has 2 heterocycles. The fraction of sp³-hybridized carbons (Fsp3) is 0.174. The minimum absolute atomic E-state index is 0.00315. The largest absolute Gasteiger partial charge is 0.366 e. The number of amides is 2. The molecule has 0 atom stereocenters. The van der Waals surface area contributed by atoms with Crippen LogP contribution in [0, 0.1) is 24.1 Å². The molecule has 2 aromatic carbocycles. The van der Waals surface area contributed by atoms with Gasteiger partial charge in [0.25, 0.3) is 5.91 Å². The van der Waals surface area contributed by atoms with Gasteiger partial charge in [0.2, 0.25) is 5.91 Å². The summed E-state index contributed by atoms with van der Waals surface area (Å²) in [5.41, 5.74) is 9.35. The molecule has 0 saturated carbocycles. The number of benzene rings is 2. The van der Waals surface area contributed by atoms with E-state index in [1.54, 1.807) is 24.0 Å². The predicted octanol–water partition coefficient (Wildman–Crippen LogP) is 3.32. The Balaban J connectivity index is 2.01. The van der Waals surface area contributed by atoms with Crippen LogP contribution in [0.25, 0.3) is 22.0 Å². The molecular weight excluding hydrogens is 383 g/mol. The quantitative estimate of drug-likeness (QED) is 0.657. The van der Waals surface area contributed by atoms with Crippen LogP contribution in [-0.4, -0.2) is 28.2 Å². The van der Waals surface area contributed by atoms with Gasteiger partial charge in [0.15, 0.2) is 0 Å². The summed E-state index contributed by atoms with van der Waals surface area (Å²) in [4.78, 5) is 28.6. The Morgan fingerprint density at radius 1 is 1.40 bits per heavy atom. The van der Waals surface area contributed by atoms with Gasteiger partial charge in [-0.2, -0.15) is 5.26 Å². The SMILES string of the molecule is C=CC(=O)N1CCc2c(cccc2-c2c(F)cc(C(N)=O)c3[nH]c(C)c(C#N)c23)C1. The van der Waals surface area contributed by atoms with Crippen molar-refractivity contribution in [3.05, 3.63) is 70.7 Å². The molecule has 2 amide bonds. The zero-order valence-electron chi connectivity index (χ0n) is 16.4. The summed E-state index contributed by atoms with van der Waals surface area (Å²) in [7, 11) is 0. The van der Waals surface area contributed by atoms with Crippen molar-refractivity contribution in [1.29, 1.82) is 5.26 Å². The van der Waals surface area contributed by atoms with Crippen molar-refractivity contribution in [2.75, 3.05) is 6.54 Å². The molecule has 0 spiro atoms. The van der Waals surface area contributed by atoms with E-state index < -0.39 is 11.7 Å². The Bertz CT molecular complexity index is 1280. The average molecular weight is 402 g/mol. The second-order valence-electron chi connectivity index (χ2n) is 7.29. The summed E-state index contributed by atoms with van der Waals surface area (Å²) >= 11 is 0. The van der Waals surface area contributed by atoms with Crippen molar-refractivity contribution >= 4 is 22.7 Å². The standard InChI is InChI=1S/C23H19FN4O2/c1-3-19(29)28-8-7-14-13(11-28)5-4-6-15(14)20-18(24)9-16(23(26)30)22-21(20)17(10-25)12(2)27-22/h3-6,9,27H,1,7-8,11H2,2H3,(H2,26,30). The van der Waals surface area contributed by atoms with Crippen LogP contribution in [0.15, 0.2) is 36.9 Å². The Morgan fingerprint density at radius 3 is 2.83 bits per heavy atom. The molecule has 3 aromatic rings. The molecule has 0 aliphatic carbocycles. The lowest BCUT2D eigenvalue weighted by Gasteiger charge is -2.29. The lowest BCUT2D eigenvalue weighted by molar-refractivity contribution is -0.126. The maximum Gasteiger partial charge on any atom is 0.250 e. The number of nitrogens with one attached hydrogen (secondary N) is 1. The third-order valence-corrected chi connectivity index (χ3v) is 5.62. The van der Waals surface area contributed by atoms with Gasteiger partial charge in [0, 0.05) is 29.7 Å². The Kier molecular flexibility index (Phi) is 4.63. The monoisotopic (exact) mass is 402 g/mol. The highest BCUT2D eigenvalue weighted by Crippen LogP contribution is 2.40. The highest BCUT2D eigenvalue weighted by atomic mass is 19.1. The van der Waals surface area contributed by atoms with Crippen molar-refractivity contribution in [3.63, 3.8) is 0 Å². The minimum atomic E-state index is -0.773. The number of nitrogens with zero attached hydrogens (tertiary/aromatic N) is 2. The van der Waals surface area contributed by atoms with E-state index in [4.69, 9.17) is 5.73 Å². The number of aryl methyl sites for hydroxylation is 1. The van der Waals surface area contributed by atoms with Gasteiger partial charge in [-0.3, -0.25) is 9.59 Å². The molecule has 1 aliphatic heterocycles. The third kappa shape index (κ3) is 2.85. The molecule has 0 saturated heterocycles. The van der Waals surface area contributed by atoms with Crippen molar-refractivity contribution in [3.8, 4) is 17.2 Å². The van der Waals surface area contributed by atoms with Gasteiger partial charge in [-0.25, -0.2) is 4.39 Å². The van der Waals surface area contributed by atoms with Crippen molar-refractivity contribution in [1.82, 2.24) is 9.88 Å². The van der Waals surface area contributed by atoms with E-state index in [1.165, 1.54) is 6.08 Å². The van der Waals surface area contributed by atoms with E-state index in [1.807, 2.05) is 6.07 Å². The van der Waals surface area contributed by atoms with E-state index in [9.17, 15) is 14.9 Å². The molecule has 6 nitrogen and oxygen atoms in total. The maximum absolute atomic E-state index is 15.4. The van der Waals surface area contributed by atoms with Crippen LogP contribution >= 0.6 is 0 Å². The van der Waals surface area contributed by atoms with E-state index in [0.29, 0.717) is 41.7 Å². The molecule has 150 valence electrons. The topological polar surface area (TPSA) is 103 Å². The Hall–Kier alpha value is -3.92. The Labute approximate surface area is 172 Å². The second-order valence-corrected chi connectivity index (χ2v) is 7.29. The van der Waals surface area contributed by atoms with E-state index in [-0.39, 0.29) is 22.6 Å². The molecule has 1 aliphatic rings. The van der Waals surface area contributed by atoms with Crippen LogP contribution in [0.5, 0.6) is 0 Å². The molecule has 3 N–H and O–H groups in total. The fourth-order valence-electron chi connectivity index (χ4n) is 4.23. The number of fused-ring (bicyclic) bond motifs is 2. The number of halogens is 1. The van der Waals surface area contributed by atoms with Gasteiger partial charge in [0.1, 0.15) is 11.9 Å². The second kappa shape index (κ2) is 7.16. The van der Waals surface area contributed by atoms with Crippen LogP contribution in [0.1, 0.15) is 32.7 Å². The number of primary amides is 1. The molecule has 0 fully saturated rings. The molecule has 0 unspecified atom stereocenters. The number of H-pyrrole nitrogens is 1. The van der Waals surface area contributed by atoms with Gasteiger partial charge in [-0.1, -0.05) is 24.8 Å². The van der Waals surface area contributed by atoms with Crippen molar-refractivity contribution in [2.24, 2.45) is 5.73 Å². The normalized spacial score (nSPS) is 13.0. The minimum Gasteiger partial charge on any atom is -0.366 e. The zero-order valence-corrected chi connectivity index (χ0v) is 16.4. The zero-order chi connectivity index (χ0) is 21.6. The number of nitrogens with two attached hydrogens (primary N) is 1. The average Bonchev–Trinajstić information content (AvgIpc) is 3.07. The van der Waals surface area contributed by atoms with Gasteiger partial charge in [-0.15, -0.1) is 0 Å². The first kappa shape index (κ1) is 19.4. The molecule has 7 heteroatoms. The molecule has 4 rings (SSSR count). The summed E-state index contributed by atoms with van der Waals surface area (Å²) in [6.07, 6.45) is 1.82. The number of rotatable bonds is 3. The summed E-state index contributed by atoms with van der Waals surface area (Å²) in [5.74, 6) is -1.55. The number of hydrogen-bond donors (Lipinski definition) is 2. The summed E-state index contributed by atoms with van der Waals surface area (Å²) in [5, 5.41) is 10.0.